The van der Waals surface area contributed by atoms with Crippen molar-refractivity contribution < 1.29 is 18.9 Å². The molecule has 4 rings (SSSR count). The molecular formula is C29H24BrN2O3S2+. The Morgan fingerprint density at radius 3 is 2.46 bits per heavy atom. The number of carbonyl (C=O) groups excluding carboxylic acids is 2. The molecule has 0 aliphatic heterocycles. The predicted octanol–water partition coefficient (Wildman–Crippen LogP) is 6.60. The SMILES string of the molecule is CCOC(=O)Cc1c(C(=O)c2ccc(Br)cc2)sc(SCc2ccccc2C#N)c1-[n+]1ccc(C)cc1. The zero-order valence-corrected chi connectivity index (χ0v) is 23.6. The summed E-state index contributed by atoms with van der Waals surface area (Å²) in [6.45, 7) is 4.04. The Bertz CT molecular complexity index is 1470. The van der Waals surface area contributed by atoms with Gasteiger partial charge in [-0.3, -0.25) is 9.59 Å². The van der Waals surface area contributed by atoms with Gasteiger partial charge in [0.05, 0.1) is 35.1 Å². The van der Waals surface area contributed by atoms with Crippen molar-refractivity contribution in [2.24, 2.45) is 0 Å². The number of pyridine rings is 1. The second-order valence-corrected chi connectivity index (χ2v) is 11.4. The Labute approximate surface area is 232 Å². The van der Waals surface area contributed by atoms with Gasteiger partial charge in [0.25, 0.3) is 0 Å². The number of aromatic nitrogens is 1. The zero-order valence-electron chi connectivity index (χ0n) is 20.4. The summed E-state index contributed by atoms with van der Waals surface area (Å²) in [5, 5.41) is 9.53. The minimum atomic E-state index is -0.384. The molecule has 37 heavy (non-hydrogen) atoms. The number of aryl methyl sites for hydroxylation is 1. The largest absolute Gasteiger partial charge is 0.466 e. The molecule has 0 unspecified atom stereocenters. The van der Waals surface area contributed by atoms with E-state index < -0.39 is 0 Å². The topological polar surface area (TPSA) is 71.0 Å². The summed E-state index contributed by atoms with van der Waals surface area (Å²) >= 11 is 6.35. The summed E-state index contributed by atoms with van der Waals surface area (Å²) < 4.78 is 9.00. The lowest BCUT2D eigenvalue weighted by molar-refractivity contribution is -0.598. The Balaban J connectivity index is 1.86. The summed E-state index contributed by atoms with van der Waals surface area (Å²) in [7, 11) is 0. The number of hydrogen-bond donors (Lipinski definition) is 0. The smallest absolute Gasteiger partial charge is 0.310 e. The zero-order chi connectivity index (χ0) is 26.4. The standard InChI is InChI=1S/C29H24BrN2O3S2/c1-3-35-25(33)16-24-26(32-14-12-19(2)13-15-32)29(36-18-22-7-5-4-6-21(22)17-31)37-28(24)27(34)20-8-10-23(30)11-9-20/h4-15H,3,16,18H2,1-2H3/q+1. The van der Waals surface area contributed by atoms with Crippen LogP contribution >= 0.6 is 39.0 Å². The van der Waals surface area contributed by atoms with Crippen LogP contribution in [0, 0.1) is 18.3 Å². The normalized spacial score (nSPS) is 10.6. The van der Waals surface area contributed by atoms with Gasteiger partial charge in [0.1, 0.15) is 4.21 Å². The van der Waals surface area contributed by atoms with Crippen molar-refractivity contribution in [1.82, 2.24) is 0 Å². The van der Waals surface area contributed by atoms with E-state index in [1.54, 1.807) is 36.9 Å². The third-order valence-corrected chi connectivity index (χ3v) is 8.70. The molecule has 0 N–H and O–H groups in total. The van der Waals surface area contributed by atoms with Gasteiger partial charge in [-0.05, 0) is 55.3 Å². The molecular weight excluding hydrogens is 568 g/mol. The summed E-state index contributed by atoms with van der Waals surface area (Å²) in [5.41, 5.74) is 4.60. The first kappa shape index (κ1) is 26.8. The lowest BCUT2D eigenvalue weighted by Gasteiger charge is -2.06. The first-order valence-electron chi connectivity index (χ1n) is 11.6. The Hall–Kier alpha value is -3.25. The molecule has 0 fully saturated rings. The van der Waals surface area contributed by atoms with Gasteiger partial charge in [-0.25, -0.2) is 0 Å². The Kier molecular flexibility index (Phi) is 8.93. The molecule has 0 radical (unpaired) electrons. The second kappa shape index (κ2) is 12.3. The van der Waals surface area contributed by atoms with Gasteiger partial charge in [-0.1, -0.05) is 34.1 Å². The lowest BCUT2D eigenvalue weighted by Crippen LogP contribution is -2.31. The summed E-state index contributed by atoms with van der Waals surface area (Å²) in [6.07, 6.45) is 3.86. The molecule has 8 heteroatoms. The van der Waals surface area contributed by atoms with Gasteiger partial charge in [-0.15, -0.1) is 23.1 Å². The fraction of sp³-hybridized carbons (Fsp3) is 0.172. The van der Waals surface area contributed by atoms with E-state index in [1.807, 2.05) is 66.3 Å². The molecule has 0 bridgehead atoms. The summed E-state index contributed by atoms with van der Waals surface area (Å²) in [6, 6.07) is 20.9. The van der Waals surface area contributed by atoms with Gasteiger partial charge >= 0.3 is 5.97 Å². The number of ether oxygens (including phenoxy) is 1. The van der Waals surface area contributed by atoms with Crippen molar-refractivity contribution in [3.63, 3.8) is 0 Å². The monoisotopic (exact) mass is 591 g/mol. The molecule has 0 amide bonds. The number of thioether (sulfide) groups is 1. The highest BCUT2D eigenvalue weighted by atomic mass is 79.9. The number of carbonyl (C=O) groups is 2. The van der Waals surface area contributed by atoms with Crippen molar-refractivity contribution in [1.29, 1.82) is 5.26 Å². The first-order valence-corrected chi connectivity index (χ1v) is 14.2. The molecule has 0 aliphatic carbocycles. The van der Waals surface area contributed by atoms with Crippen molar-refractivity contribution in [2.75, 3.05) is 6.61 Å². The van der Waals surface area contributed by atoms with Crippen LogP contribution in [0.1, 0.15) is 44.4 Å². The van der Waals surface area contributed by atoms with E-state index in [0.717, 1.165) is 25.5 Å². The van der Waals surface area contributed by atoms with Crippen molar-refractivity contribution in [3.05, 3.63) is 110 Å². The van der Waals surface area contributed by atoms with Gasteiger partial charge in [0.15, 0.2) is 12.4 Å². The number of thiophene rings is 1. The minimum Gasteiger partial charge on any atom is -0.466 e. The number of esters is 1. The van der Waals surface area contributed by atoms with Crippen molar-refractivity contribution >= 4 is 50.8 Å². The van der Waals surface area contributed by atoms with Crippen LogP contribution in [0.3, 0.4) is 0 Å². The van der Waals surface area contributed by atoms with Gasteiger partial charge in [0.2, 0.25) is 11.5 Å². The number of nitrogens with zero attached hydrogens (tertiary/aromatic N) is 2. The van der Waals surface area contributed by atoms with E-state index in [-0.39, 0.29) is 24.8 Å². The van der Waals surface area contributed by atoms with Gasteiger partial charge < -0.3 is 4.74 Å². The highest BCUT2D eigenvalue weighted by molar-refractivity contribution is 9.10. The van der Waals surface area contributed by atoms with Crippen LogP contribution in [0.2, 0.25) is 0 Å². The molecule has 0 aliphatic rings. The molecule has 0 atom stereocenters. The predicted molar refractivity (Wildman–Crippen MR) is 149 cm³/mol. The van der Waals surface area contributed by atoms with Gasteiger partial charge in [0, 0.05) is 27.9 Å². The quantitative estimate of drug-likeness (QED) is 0.0949. The summed E-state index contributed by atoms with van der Waals surface area (Å²) in [4.78, 5) is 26.9. The molecule has 2 heterocycles. The number of rotatable bonds is 9. The van der Waals surface area contributed by atoms with Gasteiger partial charge in [-0.2, -0.15) is 9.83 Å². The third-order valence-electron chi connectivity index (χ3n) is 5.64. The average molecular weight is 593 g/mol. The number of benzene rings is 2. The van der Waals surface area contributed by atoms with E-state index in [1.165, 1.54) is 11.3 Å². The highest BCUT2D eigenvalue weighted by Gasteiger charge is 2.31. The number of ketones is 1. The maximum absolute atomic E-state index is 13.7. The van der Waals surface area contributed by atoms with Crippen LogP contribution in [0.25, 0.3) is 5.69 Å². The van der Waals surface area contributed by atoms with E-state index in [4.69, 9.17) is 4.74 Å². The van der Waals surface area contributed by atoms with Crippen LogP contribution in [-0.4, -0.2) is 18.4 Å². The average Bonchev–Trinajstić information content (AvgIpc) is 3.26. The molecule has 2 aromatic carbocycles. The van der Waals surface area contributed by atoms with Crippen LogP contribution in [0.15, 0.2) is 81.7 Å². The van der Waals surface area contributed by atoms with E-state index >= 15 is 0 Å². The summed E-state index contributed by atoms with van der Waals surface area (Å²) in [5.74, 6) is 0.0227. The van der Waals surface area contributed by atoms with Crippen LogP contribution in [-0.2, 0) is 21.7 Å². The molecule has 0 saturated carbocycles. The van der Waals surface area contributed by atoms with E-state index in [0.29, 0.717) is 27.3 Å². The van der Waals surface area contributed by atoms with Crippen LogP contribution in [0.4, 0.5) is 0 Å². The Morgan fingerprint density at radius 2 is 1.78 bits per heavy atom. The molecule has 5 nitrogen and oxygen atoms in total. The fourth-order valence-electron chi connectivity index (χ4n) is 3.78. The number of hydrogen-bond acceptors (Lipinski definition) is 6. The number of nitriles is 1. The molecule has 186 valence electrons. The first-order chi connectivity index (χ1) is 17.9. The molecule has 0 saturated heterocycles. The molecule has 4 aromatic rings. The highest BCUT2D eigenvalue weighted by Crippen LogP contribution is 2.40. The van der Waals surface area contributed by atoms with E-state index in [9.17, 15) is 14.9 Å². The molecule has 2 aromatic heterocycles. The van der Waals surface area contributed by atoms with E-state index in [2.05, 4.69) is 22.0 Å². The third kappa shape index (κ3) is 6.37. The Morgan fingerprint density at radius 1 is 1.08 bits per heavy atom. The minimum absolute atomic E-state index is 0.0203. The van der Waals surface area contributed by atoms with Crippen LogP contribution < -0.4 is 4.57 Å². The fourth-order valence-corrected chi connectivity index (χ4v) is 6.62. The van der Waals surface area contributed by atoms with Crippen LogP contribution in [0.5, 0.6) is 0 Å². The lowest BCUT2D eigenvalue weighted by atomic mass is 10.0. The second-order valence-electron chi connectivity index (χ2n) is 8.20. The maximum Gasteiger partial charge on any atom is 0.310 e. The maximum atomic E-state index is 13.7. The van der Waals surface area contributed by atoms with Crippen molar-refractivity contribution in [2.45, 2.75) is 30.2 Å². The van der Waals surface area contributed by atoms with Crippen molar-refractivity contribution in [3.8, 4) is 11.8 Å². The molecule has 0 spiro atoms. The number of halogens is 1.